The van der Waals surface area contributed by atoms with E-state index < -0.39 is 5.79 Å². The number of allylic oxidation sites excluding steroid dienone is 1. The zero-order valence-corrected chi connectivity index (χ0v) is 8.07. The van der Waals surface area contributed by atoms with E-state index in [9.17, 15) is 4.79 Å². The number of rotatable bonds is 0. The van der Waals surface area contributed by atoms with Crippen molar-refractivity contribution in [3.05, 3.63) is 12.2 Å². The van der Waals surface area contributed by atoms with Gasteiger partial charge in [-0.25, -0.2) is 0 Å². The second-order valence-corrected chi connectivity index (χ2v) is 4.32. The molecule has 2 bridgehead atoms. The van der Waals surface area contributed by atoms with Crippen molar-refractivity contribution in [2.24, 2.45) is 11.8 Å². The first-order valence-corrected chi connectivity index (χ1v) is 5.29. The third-order valence-corrected chi connectivity index (χ3v) is 3.56. The van der Waals surface area contributed by atoms with E-state index in [2.05, 4.69) is 6.08 Å². The van der Waals surface area contributed by atoms with Gasteiger partial charge in [-0.15, -0.1) is 0 Å². The molecule has 0 aromatic heterocycles. The molecule has 2 fully saturated rings. The first-order valence-electron chi connectivity index (χ1n) is 5.29. The molecule has 0 aromatic carbocycles. The van der Waals surface area contributed by atoms with E-state index in [-0.39, 0.29) is 11.8 Å². The monoisotopic (exact) mass is 194 g/mol. The average Bonchev–Trinajstić information content (AvgIpc) is 2.54. The molecule has 3 heteroatoms. The highest BCUT2D eigenvalue weighted by molar-refractivity contribution is 5.84. The molecule has 14 heavy (non-hydrogen) atoms. The maximum absolute atomic E-state index is 11.7. The van der Waals surface area contributed by atoms with Crippen LogP contribution in [0.4, 0.5) is 0 Å². The van der Waals surface area contributed by atoms with E-state index in [1.165, 1.54) is 0 Å². The van der Waals surface area contributed by atoms with Crippen molar-refractivity contribution >= 4 is 5.78 Å². The molecular weight excluding hydrogens is 180 g/mol. The topological polar surface area (TPSA) is 35.5 Å². The van der Waals surface area contributed by atoms with E-state index in [0.29, 0.717) is 25.4 Å². The maximum Gasteiger partial charge on any atom is 0.175 e. The highest BCUT2D eigenvalue weighted by Gasteiger charge is 2.48. The SMILES string of the molecule is O=C1C[C@H]2C=C[C@@H]1CCC21OCCO1. The Morgan fingerprint density at radius 2 is 2.07 bits per heavy atom. The molecule has 1 aliphatic heterocycles. The summed E-state index contributed by atoms with van der Waals surface area (Å²) in [5.41, 5.74) is 0. The lowest BCUT2D eigenvalue weighted by Crippen LogP contribution is -2.38. The summed E-state index contributed by atoms with van der Waals surface area (Å²) in [6, 6.07) is 0. The van der Waals surface area contributed by atoms with Crippen LogP contribution in [-0.2, 0) is 14.3 Å². The van der Waals surface area contributed by atoms with E-state index in [0.717, 1.165) is 12.8 Å². The minimum absolute atomic E-state index is 0.124. The molecule has 3 nitrogen and oxygen atoms in total. The van der Waals surface area contributed by atoms with Crippen LogP contribution in [0.1, 0.15) is 19.3 Å². The molecule has 1 spiro atoms. The molecule has 0 amide bonds. The van der Waals surface area contributed by atoms with Crippen molar-refractivity contribution < 1.29 is 14.3 Å². The Labute approximate surface area is 83.1 Å². The van der Waals surface area contributed by atoms with Crippen LogP contribution in [0, 0.1) is 11.8 Å². The number of ketones is 1. The Hall–Kier alpha value is -0.670. The molecule has 0 N–H and O–H groups in total. The lowest BCUT2D eigenvalue weighted by Gasteiger charge is -2.31. The highest BCUT2D eigenvalue weighted by atomic mass is 16.7. The van der Waals surface area contributed by atoms with Crippen LogP contribution in [0.2, 0.25) is 0 Å². The second kappa shape index (κ2) is 2.91. The summed E-state index contributed by atoms with van der Waals surface area (Å²) in [5, 5.41) is 0. The van der Waals surface area contributed by atoms with Crippen molar-refractivity contribution in [1.29, 1.82) is 0 Å². The standard InChI is InChI=1S/C11H14O3/c12-10-7-9-2-1-8(10)3-4-11(9)13-5-6-14-11/h1-2,8-9H,3-7H2/t8-,9-/m1/s1. The third kappa shape index (κ3) is 1.09. The van der Waals surface area contributed by atoms with Gasteiger partial charge < -0.3 is 9.47 Å². The molecule has 1 heterocycles. The van der Waals surface area contributed by atoms with Gasteiger partial charge in [-0.3, -0.25) is 4.79 Å². The zero-order valence-electron chi connectivity index (χ0n) is 8.07. The summed E-state index contributed by atoms with van der Waals surface area (Å²) in [6.45, 7) is 1.34. The van der Waals surface area contributed by atoms with E-state index >= 15 is 0 Å². The summed E-state index contributed by atoms with van der Waals surface area (Å²) in [7, 11) is 0. The van der Waals surface area contributed by atoms with Crippen molar-refractivity contribution in [3.8, 4) is 0 Å². The van der Waals surface area contributed by atoms with Crippen molar-refractivity contribution in [2.75, 3.05) is 13.2 Å². The lowest BCUT2D eigenvalue weighted by atomic mass is 9.87. The molecule has 1 saturated carbocycles. The summed E-state index contributed by atoms with van der Waals surface area (Å²) < 4.78 is 11.4. The maximum atomic E-state index is 11.7. The second-order valence-electron chi connectivity index (χ2n) is 4.32. The molecule has 76 valence electrons. The average molecular weight is 194 g/mol. The molecule has 1 saturated heterocycles. The normalized spacial score (nSPS) is 39.3. The first-order chi connectivity index (χ1) is 6.80. The Morgan fingerprint density at radius 3 is 2.79 bits per heavy atom. The number of carbonyl (C=O) groups excluding carboxylic acids is 1. The van der Waals surface area contributed by atoms with E-state index in [4.69, 9.17) is 9.47 Å². The summed E-state index contributed by atoms with van der Waals surface area (Å²) in [6.07, 6.45) is 6.49. The Bertz CT molecular complexity index is 289. The van der Waals surface area contributed by atoms with Gasteiger partial charge in [-0.05, 0) is 6.42 Å². The highest BCUT2D eigenvalue weighted by Crippen LogP contribution is 2.43. The van der Waals surface area contributed by atoms with Crippen molar-refractivity contribution in [1.82, 2.24) is 0 Å². The van der Waals surface area contributed by atoms with Crippen LogP contribution >= 0.6 is 0 Å². The number of ether oxygens (including phenoxy) is 2. The fourth-order valence-corrected chi connectivity index (χ4v) is 2.74. The summed E-state index contributed by atoms with van der Waals surface area (Å²) >= 11 is 0. The molecule has 0 aromatic rings. The molecule has 4 aliphatic rings. The minimum Gasteiger partial charge on any atom is -0.347 e. The number of fused-ring (bicyclic) bond motifs is 2. The summed E-state index contributed by atoms with van der Waals surface area (Å²) in [5.74, 6) is 0.167. The Balaban J connectivity index is 1.95. The molecule has 2 atom stereocenters. The predicted octanol–water partition coefficient (Wildman–Crippen LogP) is 1.28. The fourth-order valence-electron chi connectivity index (χ4n) is 2.74. The van der Waals surface area contributed by atoms with Gasteiger partial charge in [-0.1, -0.05) is 12.2 Å². The van der Waals surface area contributed by atoms with Crippen molar-refractivity contribution in [3.63, 3.8) is 0 Å². The first kappa shape index (κ1) is 8.62. The van der Waals surface area contributed by atoms with Gasteiger partial charge in [0, 0.05) is 24.7 Å². The number of hydrogen-bond donors (Lipinski definition) is 0. The van der Waals surface area contributed by atoms with E-state index in [1.807, 2.05) is 6.08 Å². The summed E-state index contributed by atoms with van der Waals surface area (Å²) in [4.78, 5) is 11.7. The van der Waals surface area contributed by atoms with Gasteiger partial charge in [0.1, 0.15) is 5.78 Å². The van der Waals surface area contributed by atoms with Gasteiger partial charge in [-0.2, -0.15) is 0 Å². The van der Waals surface area contributed by atoms with Crippen LogP contribution in [0.15, 0.2) is 12.2 Å². The van der Waals surface area contributed by atoms with Crippen LogP contribution in [-0.4, -0.2) is 24.8 Å². The smallest absolute Gasteiger partial charge is 0.175 e. The molecular formula is C11H14O3. The number of Topliss-reactive ketones (excluding diaryl/α,β-unsaturated/α-hetero) is 1. The molecule has 0 radical (unpaired) electrons. The molecule has 0 unspecified atom stereocenters. The number of hydrogen-bond acceptors (Lipinski definition) is 3. The number of carbonyl (C=O) groups is 1. The molecule has 4 rings (SSSR count). The van der Waals surface area contributed by atoms with Gasteiger partial charge in [0.05, 0.1) is 13.2 Å². The van der Waals surface area contributed by atoms with Crippen LogP contribution in [0.5, 0.6) is 0 Å². The van der Waals surface area contributed by atoms with Gasteiger partial charge >= 0.3 is 0 Å². The van der Waals surface area contributed by atoms with Crippen molar-refractivity contribution in [2.45, 2.75) is 25.0 Å². The Morgan fingerprint density at radius 1 is 1.29 bits per heavy atom. The van der Waals surface area contributed by atoms with Gasteiger partial charge in [0.15, 0.2) is 5.79 Å². The van der Waals surface area contributed by atoms with Gasteiger partial charge in [0.25, 0.3) is 0 Å². The quantitative estimate of drug-likeness (QED) is 0.545. The predicted molar refractivity (Wildman–Crippen MR) is 49.6 cm³/mol. The van der Waals surface area contributed by atoms with Gasteiger partial charge in [0.2, 0.25) is 0 Å². The third-order valence-electron chi connectivity index (χ3n) is 3.56. The van der Waals surface area contributed by atoms with Crippen LogP contribution < -0.4 is 0 Å². The zero-order chi connectivity index (χ0) is 9.60. The van der Waals surface area contributed by atoms with Crippen LogP contribution in [0.25, 0.3) is 0 Å². The van der Waals surface area contributed by atoms with E-state index in [1.54, 1.807) is 0 Å². The minimum atomic E-state index is -0.461. The Kier molecular flexibility index (Phi) is 1.79. The van der Waals surface area contributed by atoms with Crippen LogP contribution in [0.3, 0.4) is 0 Å². The fraction of sp³-hybridized carbons (Fsp3) is 0.727. The largest absolute Gasteiger partial charge is 0.347 e. The lowest BCUT2D eigenvalue weighted by molar-refractivity contribution is -0.187. The molecule has 3 aliphatic carbocycles.